The summed E-state index contributed by atoms with van der Waals surface area (Å²) in [5, 5.41) is 0. The predicted octanol–water partition coefficient (Wildman–Crippen LogP) is 4.24. The first-order valence-corrected chi connectivity index (χ1v) is 6.55. The minimum Gasteiger partial charge on any atom is -0.239 e. The van der Waals surface area contributed by atoms with E-state index < -0.39 is 5.67 Å². The molecule has 0 saturated heterocycles. The summed E-state index contributed by atoms with van der Waals surface area (Å²) in [5.74, 6) is 0. The fraction of sp³-hybridized carbons (Fsp3) is 0.538. The zero-order chi connectivity index (χ0) is 11.1. The van der Waals surface area contributed by atoms with E-state index in [0.717, 1.165) is 5.56 Å². The van der Waals surface area contributed by atoms with E-state index in [2.05, 4.69) is 32.2 Å². The van der Waals surface area contributed by atoms with Gasteiger partial charge in [0.05, 0.1) is 0 Å². The van der Waals surface area contributed by atoms with E-state index in [0.29, 0.717) is 12.8 Å². The smallest absolute Gasteiger partial charge is 0.136 e. The Morgan fingerprint density at radius 2 is 1.73 bits per heavy atom. The van der Waals surface area contributed by atoms with Gasteiger partial charge in [0.1, 0.15) is 5.67 Å². The number of thioether (sulfide) groups is 1. The fourth-order valence-corrected chi connectivity index (χ4v) is 2.06. The molecule has 2 heteroatoms. The third-order valence-corrected chi connectivity index (χ3v) is 4.55. The molecule has 0 atom stereocenters. The third kappa shape index (κ3) is 2.05. The van der Waals surface area contributed by atoms with Crippen LogP contribution in [0.2, 0.25) is 0 Å². The number of hydrogen-bond donors (Lipinski definition) is 0. The van der Waals surface area contributed by atoms with Gasteiger partial charge in [-0.15, -0.1) is 0 Å². The van der Waals surface area contributed by atoms with E-state index in [9.17, 15) is 4.39 Å². The van der Waals surface area contributed by atoms with Crippen LogP contribution in [0.4, 0.5) is 4.39 Å². The van der Waals surface area contributed by atoms with Gasteiger partial charge in [-0.25, -0.2) is 4.39 Å². The summed E-state index contributed by atoms with van der Waals surface area (Å²) in [5.41, 5.74) is 1.12. The molecular formula is C13H17FS. The molecule has 1 aliphatic carbocycles. The number of hydrogen-bond acceptors (Lipinski definition) is 1. The molecule has 0 heterocycles. The molecule has 0 radical (unpaired) electrons. The van der Waals surface area contributed by atoms with E-state index in [1.54, 1.807) is 0 Å². The summed E-state index contributed by atoms with van der Waals surface area (Å²) in [6.45, 7) is 4.38. The Hall–Kier alpha value is -0.500. The standard InChI is InChI=1S/C13H17FS/c1-12(2,15-3)10-4-6-11(7-5-10)13(14)8-9-13/h4-7H,8-9H2,1-3H3. The van der Waals surface area contributed by atoms with Gasteiger partial charge in [0.15, 0.2) is 0 Å². The van der Waals surface area contributed by atoms with Crippen LogP contribution in [0.5, 0.6) is 0 Å². The lowest BCUT2D eigenvalue weighted by atomic mass is 9.99. The van der Waals surface area contributed by atoms with Crippen LogP contribution >= 0.6 is 11.8 Å². The maximum absolute atomic E-state index is 13.7. The summed E-state index contributed by atoms with van der Waals surface area (Å²) in [7, 11) is 0. The Morgan fingerprint density at radius 1 is 1.20 bits per heavy atom. The average molecular weight is 224 g/mol. The quantitative estimate of drug-likeness (QED) is 0.740. The second-order valence-electron chi connectivity index (χ2n) is 4.76. The molecule has 0 amide bonds. The Morgan fingerprint density at radius 3 is 2.13 bits per heavy atom. The van der Waals surface area contributed by atoms with Gasteiger partial charge in [-0.05, 0) is 44.1 Å². The molecule has 1 aliphatic rings. The largest absolute Gasteiger partial charge is 0.239 e. The molecule has 0 aliphatic heterocycles. The molecule has 82 valence electrons. The number of rotatable bonds is 3. The van der Waals surface area contributed by atoms with E-state index in [-0.39, 0.29) is 4.75 Å². The van der Waals surface area contributed by atoms with Crippen LogP contribution in [0.25, 0.3) is 0 Å². The number of alkyl halides is 1. The van der Waals surface area contributed by atoms with Gasteiger partial charge >= 0.3 is 0 Å². The van der Waals surface area contributed by atoms with Crippen molar-refractivity contribution in [2.75, 3.05) is 6.26 Å². The van der Waals surface area contributed by atoms with Crippen LogP contribution in [0.15, 0.2) is 24.3 Å². The topological polar surface area (TPSA) is 0 Å². The summed E-state index contributed by atoms with van der Waals surface area (Å²) >= 11 is 1.82. The molecule has 1 aromatic carbocycles. The van der Waals surface area contributed by atoms with Crippen molar-refractivity contribution in [1.29, 1.82) is 0 Å². The van der Waals surface area contributed by atoms with Gasteiger partial charge in [-0.3, -0.25) is 0 Å². The SMILES string of the molecule is CSC(C)(C)c1ccc(C2(F)CC2)cc1. The highest BCUT2D eigenvalue weighted by atomic mass is 32.2. The molecule has 0 unspecified atom stereocenters. The number of halogens is 1. The first-order chi connectivity index (χ1) is 6.98. The van der Waals surface area contributed by atoms with Crippen molar-refractivity contribution >= 4 is 11.8 Å². The Balaban J connectivity index is 2.24. The van der Waals surface area contributed by atoms with Gasteiger partial charge in [-0.2, -0.15) is 11.8 Å². The molecule has 15 heavy (non-hydrogen) atoms. The van der Waals surface area contributed by atoms with Gasteiger partial charge in [-0.1, -0.05) is 24.3 Å². The summed E-state index contributed by atoms with van der Waals surface area (Å²) in [6.07, 6.45) is 3.49. The Kier molecular flexibility index (Phi) is 2.58. The minimum atomic E-state index is -0.998. The molecule has 1 saturated carbocycles. The van der Waals surface area contributed by atoms with Crippen molar-refractivity contribution in [2.24, 2.45) is 0 Å². The Labute approximate surface area is 95.3 Å². The van der Waals surface area contributed by atoms with Crippen LogP contribution in [0.3, 0.4) is 0 Å². The monoisotopic (exact) mass is 224 g/mol. The van der Waals surface area contributed by atoms with Crippen LogP contribution in [0, 0.1) is 0 Å². The van der Waals surface area contributed by atoms with Crippen molar-refractivity contribution in [3.63, 3.8) is 0 Å². The molecular weight excluding hydrogens is 207 g/mol. The molecule has 2 rings (SSSR count). The van der Waals surface area contributed by atoms with Gasteiger partial charge in [0.2, 0.25) is 0 Å². The first kappa shape index (κ1) is 11.0. The third-order valence-electron chi connectivity index (χ3n) is 3.30. The van der Waals surface area contributed by atoms with Crippen LogP contribution in [0.1, 0.15) is 37.8 Å². The average Bonchev–Trinajstić information content (AvgIpc) is 2.98. The van der Waals surface area contributed by atoms with Gasteiger partial charge in [0.25, 0.3) is 0 Å². The van der Waals surface area contributed by atoms with E-state index in [1.807, 2.05) is 23.9 Å². The van der Waals surface area contributed by atoms with Crippen molar-refractivity contribution < 1.29 is 4.39 Å². The summed E-state index contributed by atoms with van der Waals surface area (Å²) in [4.78, 5) is 0. The zero-order valence-corrected chi connectivity index (χ0v) is 10.3. The molecule has 0 aromatic heterocycles. The molecule has 1 fully saturated rings. The van der Waals surface area contributed by atoms with Crippen molar-refractivity contribution in [3.8, 4) is 0 Å². The summed E-state index contributed by atoms with van der Waals surface area (Å²) in [6, 6.07) is 8.01. The van der Waals surface area contributed by atoms with E-state index >= 15 is 0 Å². The van der Waals surface area contributed by atoms with Crippen LogP contribution in [-0.4, -0.2) is 6.26 Å². The lowest BCUT2D eigenvalue weighted by Gasteiger charge is -2.23. The lowest BCUT2D eigenvalue weighted by Crippen LogP contribution is -2.11. The normalized spacial score (nSPS) is 18.9. The van der Waals surface area contributed by atoms with Crippen LogP contribution < -0.4 is 0 Å². The predicted molar refractivity (Wildman–Crippen MR) is 65.0 cm³/mol. The van der Waals surface area contributed by atoms with Gasteiger partial charge in [0, 0.05) is 4.75 Å². The fourth-order valence-electron chi connectivity index (χ4n) is 1.69. The van der Waals surface area contributed by atoms with Gasteiger partial charge < -0.3 is 0 Å². The zero-order valence-electron chi connectivity index (χ0n) is 9.51. The highest BCUT2D eigenvalue weighted by Gasteiger charge is 2.44. The molecule has 0 spiro atoms. The molecule has 0 nitrogen and oxygen atoms in total. The second-order valence-corrected chi connectivity index (χ2v) is 6.19. The highest BCUT2D eigenvalue weighted by molar-refractivity contribution is 7.99. The second kappa shape index (κ2) is 3.51. The van der Waals surface area contributed by atoms with Crippen molar-refractivity contribution in [1.82, 2.24) is 0 Å². The lowest BCUT2D eigenvalue weighted by molar-refractivity contribution is 0.317. The maximum atomic E-state index is 13.7. The number of benzene rings is 1. The van der Waals surface area contributed by atoms with Crippen LogP contribution in [-0.2, 0) is 10.4 Å². The van der Waals surface area contributed by atoms with Crippen molar-refractivity contribution in [2.45, 2.75) is 37.1 Å². The van der Waals surface area contributed by atoms with E-state index in [4.69, 9.17) is 0 Å². The van der Waals surface area contributed by atoms with E-state index in [1.165, 1.54) is 5.56 Å². The Bertz CT molecular complexity index is 349. The minimum absolute atomic E-state index is 0.117. The molecule has 1 aromatic rings. The van der Waals surface area contributed by atoms with Crippen molar-refractivity contribution in [3.05, 3.63) is 35.4 Å². The molecule has 0 bridgehead atoms. The maximum Gasteiger partial charge on any atom is 0.136 e. The summed E-state index contributed by atoms with van der Waals surface area (Å²) < 4.78 is 13.9. The first-order valence-electron chi connectivity index (χ1n) is 5.33. The highest BCUT2D eigenvalue weighted by Crippen LogP contribution is 2.49. The molecule has 0 N–H and O–H groups in total.